The third-order valence-electron chi connectivity index (χ3n) is 4.01. The van der Waals surface area contributed by atoms with Gasteiger partial charge in [-0.05, 0) is 25.1 Å². The molecule has 0 unspecified atom stereocenters. The van der Waals surface area contributed by atoms with Crippen molar-refractivity contribution in [2.45, 2.75) is 6.92 Å². The number of hydrogen-bond acceptors (Lipinski definition) is 2. The summed E-state index contributed by atoms with van der Waals surface area (Å²) in [6, 6.07) is 26.9. The van der Waals surface area contributed by atoms with E-state index >= 15 is 0 Å². The third-order valence-corrected chi connectivity index (χ3v) is 7.42. The highest BCUT2D eigenvalue weighted by Crippen LogP contribution is 2.45. The molecule has 4 aromatic rings. The van der Waals surface area contributed by atoms with Crippen molar-refractivity contribution in [1.82, 2.24) is 0 Å². The number of halogens is 1. The Morgan fingerprint density at radius 1 is 0.840 bits per heavy atom. The fourth-order valence-corrected chi connectivity index (χ4v) is 5.89. The minimum atomic E-state index is -0.910. The molecule has 0 saturated heterocycles. The van der Waals surface area contributed by atoms with Crippen molar-refractivity contribution in [2.24, 2.45) is 0 Å². The van der Waals surface area contributed by atoms with Crippen molar-refractivity contribution in [3.8, 4) is 5.06 Å². The highest BCUT2D eigenvalue weighted by molar-refractivity contribution is 7.69. The van der Waals surface area contributed by atoms with Crippen molar-refractivity contribution < 1.29 is 4.52 Å². The highest BCUT2D eigenvalue weighted by Gasteiger charge is 2.20. The van der Waals surface area contributed by atoms with E-state index in [9.17, 15) is 0 Å². The predicted octanol–water partition coefficient (Wildman–Crippen LogP) is 6.29. The number of thiophene rings is 1. The Balaban J connectivity index is 1.78. The van der Waals surface area contributed by atoms with Crippen LogP contribution in [0.1, 0.15) is 5.56 Å². The van der Waals surface area contributed by atoms with Crippen LogP contribution in [0.4, 0.5) is 0 Å². The first-order valence-electron chi connectivity index (χ1n) is 7.99. The first-order valence-corrected chi connectivity index (χ1v) is 10.4. The van der Waals surface area contributed by atoms with E-state index in [1.54, 1.807) is 11.3 Å². The molecule has 3 aromatic carbocycles. The molecule has 0 saturated carbocycles. The monoisotopic (exact) mass is 382 g/mol. The summed E-state index contributed by atoms with van der Waals surface area (Å²) < 4.78 is 7.78. The molecule has 0 atom stereocenters. The molecular weight excluding hydrogens is 367 g/mol. The van der Waals surface area contributed by atoms with Gasteiger partial charge in [-0.25, -0.2) is 0 Å². The van der Waals surface area contributed by atoms with E-state index in [0.29, 0.717) is 0 Å². The van der Waals surface area contributed by atoms with Gasteiger partial charge in [0.1, 0.15) is 0 Å². The largest absolute Gasteiger partial charge is 0.454 e. The maximum Gasteiger partial charge on any atom is 0.182 e. The standard InChI is InChI=1S/C21H16ClOPS/c1-15-19-14-16(22)12-13-20(19)25-21(15)23-24(17-8-4-2-5-9-17)18-10-6-3-7-11-18/h2-14H,1H3. The van der Waals surface area contributed by atoms with Gasteiger partial charge in [-0.3, -0.25) is 0 Å². The Bertz CT molecular complexity index is 959. The van der Waals surface area contributed by atoms with Crippen LogP contribution in [-0.4, -0.2) is 0 Å². The average molecular weight is 383 g/mol. The number of fused-ring (bicyclic) bond motifs is 1. The summed E-state index contributed by atoms with van der Waals surface area (Å²) in [4.78, 5) is 0. The van der Waals surface area contributed by atoms with Crippen molar-refractivity contribution in [2.75, 3.05) is 0 Å². The van der Waals surface area contributed by atoms with Gasteiger partial charge in [-0.2, -0.15) is 0 Å². The van der Waals surface area contributed by atoms with E-state index in [1.165, 1.54) is 20.7 Å². The first-order chi connectivity index (χ1) is 12.2. The van der Waals surface area contributed by atoms with Crippen molar-refractivity contribution in [1.29, 1.82) is 0 Å². The molecule has 0 aliphatic heterocycles. The van der Waals surface area contributed by atoms with Gasteiger partial charge in [0, 0.05) is 31.3 Å². The minimum absolute atomic E-state index is 0.758. The minimum Gasteiger partial charge on any atom is -0.454 e. The van der Waals surface area contributed by atoms with Gasteiger partial charge in [0.15, 0.2) is 13.2 Å². The molecule has 25 heavy (non-hydrogen) atoms. The average Bonchev–Trinajstić information content (AvgIpc) is 2.96. The van der Waals surface area contributed by atoms with Gasteiger partial charge in [0.2, 0.25) is 0 Å². The predicted molar refractivity (Wildman–Crippen MR) is 111 cm³/mol. The fraction of sp³-hybridized carbons (Fsp3) is 0.0476. The zero-order valence-corrected chi connectivity index (χ0v) is 16.1. The summed E-state index contributed by atoms with van der Waals surface area (Å²) in [5.41, 5.74) is 1.15. The molecular formula is C21H16ClOPS. The lowest BCUT2D eigenvalue weighted by atomic mass is 10.2. The van der Waals surface area contributed by atoms with E-state index in [0.717, 1.165) is 15.6 Å². The smallest absolute Gasteiger partial charge is 0.182 e. The maximum atomic E-state index is 6.58. The van der Waals surface area contributed by atoms with Crippen LogP contribution in [0.2, 0.25) is 5.02 Å². The van der Waals surface area contributed by atoms with Gasteiger partial charge in [-0.1, -0.05) is 83.6 Å². The van der Waals surface area contributed by atoms with Crippen LogP contribution in [0.15, 0.2) is 78.9 Å². The van der Waals surface area contributed by atoms with Crippen LogP contribution in [0, 0.1) is 6.92 Å². The van der Waals surface area contributed by atoms with Crippen molar-refractivity contribution in [3.63, 3.8) is 0 Å². The molecule has 0 amide bonds. The Hall–Kier alpha value is -1.86. The SMILES string of the molecule is Cc1c(OP(c2ccccc2)c2ccccc2)sc2ccc(Cl)cc12. The van der Waals surface area contributed by atoms with E-state index in [2.05, 4.69) is 61.5 Å². The number of aryl methyl sites for hydroxylation is 1. The summed E-state index contributed by atoms with van der Waals surface area (Å²) in [5, 5.41) is 5.31. The molecule has 1 nitrogen and oxygen atoms in total. The molecule has 0 N–H and O–H groups in total. The van der Waals surface area contributed by atoms with E-state index in [4.69, 9.17) is 16.1 Å². The van der Waals surface area contributed by atoms with Gasteiger partial charge in [0.25, 0.3) is 0 Å². The Morgan fingerprint density at radius 3 is 2.04 bits per heavy atom. The maximum absolute atomic E-state index is 6.58. The Kier molecular flexibility index (Phi) is 4.76. The lowest BCUT2D eigenvalue weighted by molar-refractivity contribution is 0.644. The molecule has 0 aliphatic carbocycles. The molecule has 0 fully saturated rings. The molecule has 0 spiro atoms. The van der Waals surface area contributed by atoms with E-state index < -0.39 is 8.15 Å². The fourth-order valence-electron chi connectivity index (χ4n) is 2.72. The molecule has 0 radical (unpaired) electrons. The summed E-state index contributed by atoms with van der Waals surface area (Å²) in [6.07, 6.45) is 0. The topological polar surface area (TPSA) is 9.23 Å². The molecule has 0 bridgehead atoms. The van der Waals surface area contributed by atoms with Crippen LogP contribution in [-0.2, 0) is 0 Å². The van der Waals surface area contributed by atoms with Crippen molar-refractivity contribution in [3.05, 3.63) is 89.4 Å². The lowest BCUT2D eigenvalue weighted by Crippen LogP contribution is -2.15. The van der Waals surface area contributed by atoms with Crippen LogP contribution in [0.25, 0.3) is 10.1 Å². The van der Waals surface area contributed by atoms with Gasteiger partial charge in [0.05, 0.1) is 0 Å². The van der Waals surface area contributed by atoms with Gasteiger partial charge < -0.3 is 4.52 Å². The van der Waals surface area contributed by atoms with Crippen molar-refractivity contribution >= 4 is 51.8 Å². The number of hydrogen-bond donors (Lipinski definition) is 0. The molecule has 4 heteroatoms. The van der Waals surface area contributed by atoms with Gasteiger partial charge in [-0.15, -0.1) is 0 Å². The van der Waals surface area contributed by atoms with Gasteiger partial charge >= 0.3 is 0 Å². The normalized spacial score (nSPS) is 11.2. The second-order valence-electron chi connectivity index (χ2n) is 5.71. The Morgan fingerprint density at radius 2 is 1.44 bits per heavy atom. The van der Waals surface area contributed by atoms with Crippen LogP contribution in [0.3, 0.4) is 0 Å². The molecule has 1 heterocycles. The summed E-state index contributed by atoms with van der Waals surface area (Å²) in [5.74, 6) is 0. The molecule has 1 aromatic heterocycles. The first kappa shape index (κ1) is 16.6. The van der Waals surface area contributed by atoms with E-state index in [-0.39, 0.29) is 0 Å². The lowest BCUT2D eigenvalue weighted by Gasteiger charge is -2.18. The second-order valence-corrected chi connectivity index (χ2v) is 8.97. The van der Waals surface area contributed by atoms with Crippen LogP contribution >= 0.6 is 31.1 Å². The van der Waals surface area contributed by atoms with Crippen LogP contribution < -0.4 is 15.1 Å². The molecule has 124 valence electrons. The van der Waals surface area contributed by atoms with E-state index in [1.807, 2.05) is 24.3 Å². The second kappa shape index (κ2) is 7.17. The summed E-state index contributed by atoms with van der Waals surface area (Å²) in [6.45, 7) is 2.11. The number of benzene rings is 3. The van der Waals surface area contributed by atoms with Crippen LogP contribution in [0.5, 0.6) is 5.06 Å². The zero-order valence-electron chi connectivity index (χ0n) is 13.6. The molecule has 4 rings (SSSR count). The Labute approximate surface area is 157 Å². The highest BCUT2D eigenvalue weighted by atomic mass is 35.5. The third kappa shape index (κ3) is 3.43. The molecule has 0 aliphatic rings. The summed E-state index contributed by atoms with van der Waals surface area (Å²) >= 11 is 7.85. The quantitative estimate of drug-likeness (QED) is 0.377. The number of rotatable bonds is 4. The zero-order chi connectivity index (χ0) is 17.2. The summed E-state index contributed by atoms with van der Waals surface area (Å²) in [7, 11) is -0.910.